The zero-order chi connectivity index (χ0) is 19.1. The van der Waals surface area contributed by atoms with Crippen molar-refractivity contribution in [1.29, 1.82) is 0 Å². The van der Waals surface area contributed by atoms with Gasteiger partial charge in [0, 0.05) is 18.2 Å². The Hall–Kier alpha value is -2.97. The molecule has 0 aliphatic heterocycles. The molecule has 1 aromatic heterocycles. The molecular weight excluding hydrogens is 368 g/mol. The molecule has 0 aliphatic carbocycles. The number of sulfonamides is 1. The van der Waals surface area contributed by atoms with E-state index in [4.69, 9.17) is 9.26 Å². The van der Waals surface area contributed by atoms with Gasteiger partial charge in [0.25, 0.3) is 0 Å². The van der Waals surface area contributed by atoms with Gasteiger partial charge in [0.05, 0.1) is 11.3 Å². The van der Waals surface area contributed by atoms with Crippen LogP contribution in [-0.2, 0) is 26.2 Å². The fourth-order valence-electron chi connectivity index (χ4n) is 2.32. The Morgan fingerprint density at radius 2 is 1.70 bits per heavy atom. The number of nitrogens with one attached hydrogen (secondary N) is 1. The molecule has 27 heavy (non-hydrogen) atoms. The molecule has 7 nitrogen and oxygen atoms in total. The average molecular weight is 386 g/mol. The molecule has 3 rings (SSSR count). The lowest BCUT2D eigenvalue weighted by atomic mass is 10.2. The Labute approximate surface area is 157 Å². The molecule has 0 fully saturated rings. The number of rotatable bonds is 8. The standard InChI is InChI=1S/C19H18N2O5S/c22-19(11-12-20-27(23,24)17-9-5-2-6-10-17)25-14-16-13-18(26-21-16)15-7-3-1-4-8-15/h1-10,13,20H,11-12,14H2. The van der Waals surface area contributed by atoms with Gasteiger partial charge in [-0.2, -0.15) is 0 Å². The van der Waals surface area contributed by atoms with Gasteiger partial charge in [-0.3, -0.25) is 4.79 Å². The van der Waals surface area contributed by atoms with Crippen molar-refractivity contribution >= 4 is 16.0 Å². The Morgan fingerprint density at radius 3 is 2.41 bits per heavy atom. The Morgan fingerprint density at radius 1 is 1.04 bits per heavy atom. The van der Waals surface area contributed by atoms with Gasteiger partial charge >= 0.3 is 5.97 Å². The molecule has 1 N–H and O–H groups in total. The van der Waals surface area contributed by atoms with Gasteiger partial charge < -0.3 is 9.26 Å². The first-order chi connectivity index (χ1) is 13.0. The van der Waals surface area contributed by atoms with Crippen molar-refractivity contribution in [2.45, 2.75) is 17.9 Å². The van der Waals surface area contributed by atoms with Crippen LogP contribution in [0, 0.1) is 0 Å². The zero-order valence-corrected chi connectivity index (χ0v) is 15.2. The van der Waals surface area contributed by atoms with Gasteiger partial charge in [0.2, 0.25) is 10.0 Å². The number of ether oxygens (including phenoxy) is 1. The average Bonchev–Trinajstić information content (AvgIpc) is 3.17. The van der Waals surface area contributed by atoms with Crippen LogP contribution in [0.4, 0.5) is 0 Å². The van der Waals surface area contributed by atoms with E-state index in [9.17, 15) is 13.2 Å². The van der Waals surface area contributed by atoms with E-state index in [1.54, 1.807) is 24.3 Å². The number of esters is 1. The molecule has 0 atom stereocenters. The van der Waals surface area contributed by atoms with E-state index in [1.165, 1.54) is 12.1 Å². The van der Waals surface area contributed by atoms with Crippen LogP contribution in [0.1, 0.15) is 12.1 Å². The number of carbonyl (C=O) groups excluding carboxylic acids is 1. The highest BCUT2D eigenvalue weighted by Crippen LogP contribution is 2.20. The SMILES string of the molecule is O=C(CCNS(=O)(=O)c1ccccc1)OCc1cc(-c2ccccc2)on1. The predicted molar refractivity (Wildman–Crippen MR) is 98.0 cm³/mol. The predicted octanol–water partition coefficient (Wildman–Crippen LogP) is 2.75. The van der Waals surface area contributed by atoms with Gasteiger partial charge in [-0.1, -0.05) is 53.7 Å². The van der Waals surface area contributed by atoms with Gasteiger partial charge in [0.1, 0.15) is 12.3 Å². The van der Waals surface area contributed by atoms with Crippen molar-refractivity contribution in [3.05, 3.63) is 72.4 Å². The lowest BCUT2D eigenvalue weighted by Gasteiger charge is -2.06. The number of nitrogens with zero attached hydrogens (tertiary/aromatic N) is 1. The largest absolute Gasteiger partial charge is 0.459 e. The minimum absolute atomic E-state index is 0.0411. The number of hydrogen-bond donors (Lipinski definition) is 1. The smallest absolute Gasteiger partial charge is 0.307 e. The fraction of sp³-hybridized carbons (Fsp3) is 0.158. The molecule has 140 valence electrons. The third-order valence-electron chi connectivity index (χ3n) is 3.67. The minimum atomic E-state index is -3.64. The molecule has 0 radical (unpaired) electrons. The molecule has 0 aliphatic rings. The van der Waals surface area contributed by atoms with Crippen LogP contribution >= 0.6 is 0 Å². The van der Waals surface area contributed by atoms with Crippen LogP contribution in [0.15, 0.2) is 76.1 Å². The Kier molecular flexibility index (Phi) is 6.00. The van der Waals surface area contributed by atoms with Crippen molar-refractivity contribution in [3.63, 3.8) is 0 Å². The molecule has 2 aromatic carbocycles. The fourth-order valence-corrected chi connectivity index (χ4v) is 3.37. The number of hydrogen-bond acceptors (Lipinski definition) is 6. The molecule has 0 amide bonds. The summed E-state index contributed by atoms with van der Waals surface area (Å²) < 4.78 is 36.8. The monoisotopic (exact) mass is 386 g/mol. The van der Waals surface area contributed by atoms with E-state index < -0.39 is 16.0 Å². The maximum atomic E-state index is 12.0. The van der Waals surface area contributed by atoms with Gasteiger partial charge in [-0.25, -0.2) is 13.1 Å². The number of carbonyl (C=O) groups is 1. The Balaban J connectivity index is 1.45. The lowest BCUT2D eigenvalue weighted by Crippen LogP contribution is -2.26. The van der Waals surface area contributed by atoms with Crippen LogP contribution in [-0.4, -0.2) is 26.1 Å². The topological polar surface area (TPSA) is 98.5 Å². The van der Waals surface area contributed by atoms with Gasteiger partial charge in [-0.05, 0) is 12.1 Å². The highest BCUT2D eigenvalue weighted by Gasteiger charge is 2.14. The van der Waals surface area contributed by atoms with E-state index in [-0.39, 0.29) is 24.5 Å². The Bertz CT molecular complexity index is 985. The summed E-state index contributed by atoms with van der Waals surface area (Å²) in [6.07, 6.45) is -0.0878. The second-order valence-electron chi connectivity index (χ2n) is 5.67. The third-order valence-corrected chi connectivity index (χ3v) is 5.15. The summed E-state index contributed by atoms with van der Waals surface area (Å²) in [5.74, 6) is 0.0484. The van der Waals surface area contributed by atoms with E-state index in [0.29, 0.717) is 11.5 Å². The third kappa shape index (κ3) is 5.25. The zero-order valence-electron chi connectivity index (χ0n) is 14.4. The maximum absolute atomic E-state index is 12.0. The number of benzene rings is 2. The molecule has 0 saturated heterocycles. The molecular formula is C19H18N2O5S. The minimum Gasteiger partial charge on any atom is -0.459 e. The summed E-state index contributed by atoms with van der Waals surface area (Å²) in [5.41, 5.74) is 1.35. The first-order valence-corrected chi connectivity index (χ1v) is 9.74. The summed E-state index contributed by atoms with van der Waals surface area (Å²) in [6, 6.07) is 19.1. The highest BCUT2D eigenvalue weighted by atomic mass is 32.2. The summed E-state index contributed by atoms with van der Waals surface area (Å²) in [7, 11) is -3.64. The van der Waals surface area contributed by atoms with Crippen LogP contribution in [0.25, 0.3) is 11.3 Å². The van der Waals surface area contributed by atoms with Crippen molar-refractivity contribution < 1.29 is 22.5 Å². The van der Waals surface area contributed by atoms with E-state index >= 15 is 0 Å². The van der Waals surface area contributed by atoms with Gasteiger partial charge in [-0.15, -0.1) is 0 Å². The van der Waals surface area contributed by atoms with Crippen molar-refractivity contribution in [2.24, 2.45) is 0 Å². The van der Waals surface area contributed by atoms with Crippen molar-refractivity contribution in [3.8, 4) is 11.3 Å². The second-order valence-corrected chi connectivity index (χ2v) is 7.44. The van der Waals surface area contributed by atoms with Crippen LogP contribution < -0.4 is 4.72 Å². The summed E-state index contributed by atoms with van der Waals surface area (Å²) in [4.78, 5) is 11.9. The molecule has 0 spiro atoms. The highest BCUT2D eigenvalue weighted by molar-refractivity contribution is 7.89. The molecule has 1 heterocycles. The molecule has 3 aromatic rings. The van der Waals surface area contributed by atoms with E-state index in [0.717, 1.165) is 5.56 Å². The first kappa shape index (κ1) is 18.8. The van der Waals surface area contributed by atoms with Crippen LogP contribution in [0.3, 0.4) is 0 Å². The molecule has 0 bridgehead atoms. The molecule has 0 saturated carbocycles. The summed E-state index contributed by atoms with van der Waals surface area (Å²) in [6.45, 7) is -0.0925. The lowest BCUT2D eigenvalue weighted by molar-refractivity contribution is -0.144. The summed E-state index contributed by atoms with van der Waals surface area (Å²) >= 11 is 0. The normalized spacial score (nSPS) is 11.3. The van der Waals surface area contributed by atoms with Gasteiger partial charge in [0.15, 0.2) is 5.76 Å². The molecule has 0 unspecified atom stereocenters. The second kappa shape index (κ2) is 8.61. The number of aromatic nitrogens is 1. The first-order valence-electron chi connectivity index (χ1n) is 8.26. The van der Waals surface area contributed by atoms with Crippen molar-refractivity contribution in [2.75, 3.05) is 6.54 Å². The van der Waals surface area contributed by atoms with E-state index in [2.05, 4.69) is 9.88 Å². The van der Waals surface area contributed by atoms with Crippen molar-refractivity contribution in [1.82, 2.24) is 9.88 Å². The van der Waals surface area contributed by atoms with Crippen LogP contribution in [0.5, 0.6) is 0 Å². The molecule has 8 heteroatoms. The van der Waals surface area contributed by atoms with Crippen LogP contribution in [0.2, 0.25) is 0 Å². The quantitative estimate of drug-likeness (QED) is 0.598. The maximum Gasteiger partial charge on any atom is 0.307 e. The summed E-state index contributed by atoms with van der Waals surface area (Å²) in [5, 5.41) is 3.86. The van der Waals surface area contributed by atoms with E-state index in [1.807, 2.05) is 30.3 Å².